The van der Waals surface area contributed by atoms with E-state index in [0.29, 0.717) is 5.75 Å². The minimum absolute atomic E-state index is 0.0794. The molecule has 1 saturated heterocycles. The van der Waals surface area contributed by atoms with Crippen molar-refractivity contribution in [2.75, 3.05) is 13.7 Å². The summed E-state index contributed by atoms with van der Waals surface area (Å²) in [6, 6.07) is 6.08. The van der Waals surface area contributed by atoms with Gasteiger partial charge in [-0.3, -0.25) is 19.2 Å². The maximum Gasteiger partial charge on any atom is 0.303 e. The lowest BCUT2D eigenvalue weighted by atomic mass is 9.96. The summed E-state index contributed by atoms with van der Waals surface area (Å²) in [6.45, 7) is 4.63. The van der Waals surface area contributed by atoms with Gasteiger partial charge in [0.2, 0.25) is 5.91 Å². The third-order valence-electron chi connectivity index (χ3n) is 4.64. The summed E-state index contributed by atoms with van der Waals surface area (Å²) in [7, 11) is 1.55. The second-order valence-electron chi connectivity index (χ2n) is 7.38. The molecule has 1 amide bonds. The van der Waals surface area contributed by atoms with Gasteiger partial charge >= 0.3 is 17.9 Å². The minimum atomic E-state index is -1.16. The number of hydrogen-bond acceptors (Lipinski definition) is 10. The molecule has 1 aromatic carbocycles. The standard InChI is InChI=1S/C22H29NO10/c1-12(24)23-19-21(32-15(4)27)20(31-14(3)26)18(11-29-13(2)25)33-22(19)30-10-16-6-8-17(28-5)9-7-16/h6-9,18-22H,10-11H2,1-5H3,(H,23,24)/t18-,19+,20+,21+,22-/m0/s1. The van der Waals surface area contributed by atoms with Crippen LogP contribution >= 0.6 is 0 Å². The van der Waals surface area contributed by atoms with Crippen LogP contribution in [0.2, 0.25) is 0 Å². The zero-order chi connectivity index (χ0) is 24.5. The summed E-state index contributed by atoms with van der Waals surface area (Å²) in [5.74, 6) is -1.70. The number of esters is 3. The van der Waals surface area contributed by atoms with Crippen molar-refractivity contribution in [2.45, 2.75) is 64.9 Å². The smallest absolute Gasteiger partial charge is 0.303 e. The Balaban J connectivity index is 2.33. The molecule has 1 heterocycles. The van der Waals surface area contributed by atoms with E-state index in [4.69, 9.17) is 28.4 Å². The van der Waals surface area contributed by atoms with E-state index in [1.54, 1.807) is 31.4 Å². The van der Waals surface area contributed by atoms with Gasteiger partial charge in [0.05, 0.1) is 13.7 Å². The molecule has 5 atom stereocenters. The Kier molecular flexibility index (Phi) is 9.61. The Morgan fingerprint density at radius 1 is 0.909 bits per heavy atom. The van der Waals surface area contributed by atoms with Crippen molar-refractivity contribution < 1.29 is 47.6 Å². The Bertz CT molecular complexity index is 840. The number of carbonyl (C=O) groups is 4. The summed E-state index contributed by atoms with van der Waals surface area (Å²) in [5, 5.41) is 2.65. The first-order valence-electron chi connectivity index (χ1n) is 10.3. The van der Waals surface area contributed by atoms with Crippen LogP contribution in [0.1, 0.15) is 33.3 Å². The Morgan fingerprint density at radius 2 is 1.52 bits per heavy atom. The summed E-state index contributed by atoms with van der Waals surface area (Å²) in [6.07, 6.45) is -4.46. The summed E-state index contributed by atoms with van der Waals surface area (Å²) >= 11 is 0. The molecule has 11 nitrogen and oxygen atoms in total. The van der Waals surface area contributed by atoms with E-state index in [9.17, 15) is 19.2 Å². The quantitative estimate of drug-likeness (QED) is 0.411. The van der Waals surface area contributed by atoms with Crippen LogP contribution in [0.4, 0.5) is 0 Å². The molecule has 1 N–H and O–H groups in total. The maximum atomic E-state index is 11.9. The highest BCUT2D eigenvalue weighted by molar-refractivity contribution is 5.73. The highest BCUT2D eigenvalue weighted by Crippen LogP contribution is 2.28. The van der Waals surface area contributed by atoms with Crippen LogP contribution in [0.15, 0.2) is 24.3 Å². The van der Waals surface area contributed by atoms with Crippen molar-refractivity contribution in [2.24, 2.45) is 0 Å². The van der Waals surface area contributed by atoms with Gasteiger partial charge in [-0.05, 0) is 17.7 Å². The van der Waals surface area contributed by atoms with Crippen LogP contribution in [0.5, 0.6) is 5.75 Å². The van der Waals surface area contributed by atoms with E-state index in [1.807, 2.05) is 0 Å². The number of benzene rings is 1. The molecule has 33 heavy (non-hydrogen) atoms. The molecule has 0 saturated carbocycles. The van der Waals surface area contributed by atoms with Crippen molar-refractivity contribution in [3.63, 3.8) is 0 Å². The summed E-state index contributed by atoms with van der Waals surface area (Å²) in [5.41, 5.74) is 0.781. The molecule has 11 heteroatoms. The van der Waals surface area contributed by atoms with Crippen molar-refractivity contribution in [1.29, 1.82) is 0 Å². The highest BCUT2D eigenvalue weighted by atomic mass is 16.7. The third kappa shape index (κ3) is 8.03. The zero-order valence-corrected chi connectivity index (χ0v) is 19.2. The van der Waals surface area contributed by atoms with Gasteiger partial charge in [0, 0.05) is 27.7 Å². The lowest BCUT2D eigenvalue weighted by Gasteiger charge is -2.44. The largest absolute Gasteiger partial charge is 0.497 e. The lowest BCUT2D eigenvalue weighted by molar-refractivity contribution is -0.280. The predicted molar refractivity (Wildman–Crippen MR) is 112 cm³/mol. The summed E-state index contributed by atoms with van der Waals surface area (Å²) < 4.78 is 32.8. The molecule has 2 rings (SSSR count). The number of ether oxygens (including phenoxy) is 6. The first-order valence-corrected chi connectivity index (χ1v) is 10.3. The van der Waals surface area contributed by atoms with E-state index in [-0.39, 0.29) is 13.2 Å². The molecule has 0 spiro atoms. The second-order valence-corrected chi connectivity index (χ2v) is 7.38. The molecule has 0 radical (unpaired) electrons. The van der Waals surface area contributed by atoms with Gasteiger partial charge in [0.15, 0.2) is 18.5 Å². The van der Waals surface area contributed by atoms with E-state index in [1.165, 1.54) is 27.7 Å². The number of rotatable bonds is 9. The van der Waals surface area contributed by atoms with Crippen molar-refractivity contribution in [3.05, 3.63) is 29.8 Å². The van der Waals surface area contributed by atoms with Crippen molar-refractivity contribution in [1.82, 2.24) is 5.32 Å². The molecule has 182 valence electrons. The van der Waals surface area contributed by atoms with Crippen LogP contribution < -0.4 is 10.1 Å². The van der Waals surface area contributed by atoms with Gasteiger partial charge < -0.3 is 33.7 Å². The SMILES string of the molecule is COc1ccc(CO[C@H]2O[C@@H](COC(C)=O)[C@@H](OC(C)=O)[C@H](OC(C)=O)[C@H]2NC(C)=O)cc1. The number of nitrogens with one attached hydrogen (secondary N) is 1. The van der Waals surface area contributed by atoms with Gasteiger partial charge in [0.25, 0.3) is 0 Å². The van der Waals surface area contributed by atoms with Crippen LogP contribution in [-0.4, -0.2) is 68.2 Å². The fourth-order valence-corrected chi connectivity index (χ4v) is 3.33. The first kappa shape index (κ1) is 26.1. The maximum absolute atomic E-state index is 11.9. The molecule has 0 aromatic heterocycles. The second kappa shape index (κ2) is 12.2. The Morgan fingerprint density at radius 3 is 2.03 bits per heavy atom. The molecule has 0 unspecified atom stereocenters. The number of hydrogen-bond donors (Lipinski definition) is 1. The van der Waals surface area contributed by atoms with Crippen molar-refractivity contribution in [3.8, 4) is 5.75 Å². The number of amides is 1. The Labute approximate surface area is 191 Å². The zero-order valence-electron chi connectivity index (χ0n) is 19.2. The molecule has 1 aliphatic heterocycles. The van der Waals surface area contributed by atoms with Gasteiger partial charge in [-0.15, -0.1) is 0 Å². The molecule has 0 aliphatic carbocycles. The topological polar surface area (TPSA) is 136 Å². The predicted octanol–water partition coefficient (Wildman–Crippen LogP) is 0.868. The average molecular weight is 467 g/mol. The normalized spacial score (nSPS) is 24.3. The molecular formula is C22H29NO10. The summed E-state index contributed by atoms with van der Waals surface area (Å²) in [4.78, 5) is 46.9. The van der Waals surface area contributed by atoms with Crippen LogP contribution in [0, 0.1) is 0 Å². The molecule has 1 aliphatic rings. The van der Waals surface area contributed by atoms with Crippen LogP contribution in [0.25, 0.3) is 0 Å². The Hall–Kier alpha value is -3.18. The minimum Gasteiger partial charge on any atom is -0.497 e. The van der Waals surface area contributed by atoms with Crippen LogP contribution in [-0.2, 0) is 49.5 Å². The number of methoxy groups -OCH3 is 1. The fourth-order valence-electron chi connectivity index (χ4n) is 3.33. The fraction of sp³-hybridized carbons (Fsp3) is 0.545. The van der Waals surface area contributed by atoms with Crippen LogP contribution in [0.3, 0.4) is 0 Å². The third-order valence-corrected chi connectivity index (χ3v) is 4.64. The van der Waals surface area contributed by atoms with E-state index in [0.717, 1.165) is 5.56 Å². The van der Waals surface area contributed by atoms with Gasteiger partial charge in [-0.2, -0.15) is 0 Å². The van der Waals surface area contributed by atoms with Gasteiger partial charge in [0.1, 0.15) is 24.5 Å². The molecule has 1 fully saturated rings. The molecule has 0 bridgehead atoms. The average Bonchev–Trinajstić information content (AvgIpc) is 2.73. The van der Waals surface area contributed by atoms with E-state index in [2.05, 4.69) is 5.32 Å². The molecule has 1 aromatic rings. The van der Waals surface area contributed by atoms with Gasteiger partial charge in [-0.1, -0.05) is 12.1 Å². The first-order chi connectivity index (χ1) is 15.6. The highest BCUT2D eigenvalue weighted by Gasteiger charge is 2.51. The van der Waals surface area contributed by atoms with E-state index < -0.39 is 54.5 Å². The van der Waals surface area contributed by atoms with E-state index >= 15 is 0 Å². The number of carbonyl (C=O) groups excluding carboxylic acids is 4. The van der Waals surface area contributed by atoms with Crippen molar-refractivity contribution >= 4 is 23.8 Å². The lowest BCUT2D eigenvalue weighted by Crippen LogP contribution is -2.66. The van der Waals surface area contributed by atoms with Gasteiger partial charge in [-0.25, -0.2) is 0 Å². The monoisotopic (exact) mass is 467 g/mol. The molecular weight excluding hydrogens is 438 g/mol.